The van der Waals surface area contributed by atoms with Gasteiger partial charge >= 0.3 is 5.97 Å². The van der Waals surface area contributed by atoms with E-state index in [1.54, 1.807) is 25.1 Å². The summed E-state index contributed by atoms with van der Waals surface area (Å²) in [6, 6.07) is 12.9. The van der Waals surface area contributed by atoms with Crippen LogP contribution in [0.15, 0.2) is 48.7 Å². The number of para-hydroxylation sites is 1. The van der Waals surface area contributed by atoms with Crippen molar-refractivity contribution in [2.45, 2.75) is 27.7 Å². The maximum atomic E-state index is 12.8. The lowest BCUT2D eigenvalue weighted by atomic mass is 10.1. The standard InChI is InChI=1S/C26H25ClN4O4/c1-5-34-26(33)20-13-28-31(22-12-16(3)19-8-6-7-15(2)24(19)29-22)25(20)30-23(32)14-35-18-9-10-21(27)17(4)11-18/h6-13H,5,14H2,1-4H3,(H,30,32). The first-order valence-electron chi connectivity index (χ1n) is 11.1. The number of hydrogen-bond acceptors (Lipinski definition) is 6. The Kier molecular flexibility index (Phi) is 7.02. The molecule has 0 fully saturated rings. The SMILES string of the molecule is CCOC(=O)c1cnn(-c2cc(C)c3cccc(C)c3n2)c1NC(=O)COc1ccc(Cl)c(C)c1. The van der Waals surface area contributed by atoms with E-state index in [-0.39, 0.29) is 24.6 Å². The monoisotopic (exact) mass is 492 g/mol. The highest BCUT2D eigenvalue weighted by atomic mass is 35.5. The van der Waals surface area contributed by atoms with Gasteiger partial charge in [0.1, 0.15) is 11.3 Å². The Morgan fingerprint density at radius 3 is 2.60 bits per heavy atom. The Morgan fingerprint density at radius 2 is 1.86 bits per heavy atom. The minimum atomic E-state index is -0.600. The zero-order valence-electron chi connectivity index (χ0n) is 19.9. The van der Waals surface area contributed by atoms with Crippen molar-refractivity contribution < 1.29 is 19.1 Å². The summed E-state index contributed by atoms with van der Waals surface area (Å²) in [5, 5.41) is 8.71. The molecule has 9 heteroatoms. The molecule has 0 aliphatic rings. The Labute approximate surface area is 207 Å². The fourth-order valence-corrected chi connectivity index (χ4v) is 3.79. The summed E-state index contributed by atoms with van der Waals surface area (Å²) in [5.74, 6) is 0.0487. The van der Waals surface area contributed by atoms with Gasteiger partial charge in [0.05, 0.1) is 18.3 Å². The predicted molar refractivity (Wildman–Crippen MR) is 135 cm³/mol. The molecule has 1 N–H and O–H groups in total. The second kappa shape index (κ2) is 10.1. The number of rotatable bonds is 7. The van der Waals surface area contributed by atoms with Crippen LogP contribution in [0.5, 0.6) is 5.75 Å². The van der Waals surface area contributed by atoms with Crippen molar-refractivity contribution >= 4 is 40.2 Å². The van der Waals surface area contributed by atoms with E-state index in [1.807, 2.05) is 45.0 Å². The molecule has 1 amide bonds. The van der Waals surface area contributed by atoms with Gasteiger partial charge < -0.3 is 14.8 Å². The highest BCUT2D eigenvalue weighted by Crippen LogP contribution is 2.26. The summed E-state index contributed by atoms with van der Waals surface area (Å²) >= 11 is 6.05. The number of ether oxygens (including phenoxy) is 2. The fraction of sp³-hybridized carbons (Fsp3) is 0.231. The first-order valence-corrected chi connectivity index (χ1v) is 11.5. The van der Waals surface area contributed by atoms with Crippen LogP contribution in [0.4, 0.5) is 5.82 Å². The van der Waals surface area contributed by atoms with Crippen LogP contribution in [0.3, 0.4) is 0 Å². The number of pyridine rings is 1. The molecule has 2 aromatic heterocycles. The number of carbonyl (C=O) groups is 2. The molecular formula is C26H25ClN4O4. The molecule has 0 unspecified atom stereocenters. The van der Waals surface area contributed by atoms with Crippen molar-refractivity contribution in [1.29, 1.82) is 0 Å². The fourth-order valence-electron chi connectivity index (χ4n) is 3.68. The summed E-state index contributed by atoms with van der Waals surface area (Å²) in [7, 11) is 0. The largest absolute Gasteiger partial charge is 0.484 e. The first kappa shape index (κ1) is 24.2. The number of aryl methyl sites for hydroxylation is 3. The molecule has 0 aliphatic heterocycles. The second-order valence-corrected chi connectivity index (χ2v) is 8.46. The van der Waals surface area contributed by atoms with Crippen LogP contribution in [0.25, 0.3) is 16.7 Å². The molecule has 0 aliphatic carbocycles. The van der Waals surface area contributed by atoms with E-state index in [9.17, 15) is 9.59 Å². The van der Waals surface area contributed by atoms with Gasteiger partial charge in [-0.05, 0) is 68.7 Å². The van der Waals surface area contributed by atoms with Gasteiger partial charge in [-0.3, -0.25) is 4.79 Å². The van der Waals surface area contributed by atoms with Crippen LogP contribution in [0.1, 0.15) is 34.0 Å². The van der Waals surface area contributed by atoms with E-state index < -0.39 is 11.9 Å². The lowest BCUT2D eigenvalue weighted by molar-refractivity contribution is -0.118. The molecule has 180 valence electrons. The highest BCUT2D eigenvalue weighted by molar-refractivity contribution is 6.31. The smallest absolute Gasteiger partial charge is 0.343 e. The summed E-state index contributed by atoms with van der Waals surface area (Å²) in [5.41, 5.74) is 3.75. The van der Waals surface area contributed by atoms with Crippen molar-refractivity contribution in [2.75, 3.05) is 18.5 Å². The number of fused-ring (bicyclic) bond motifs is 1. The molecule has 0 saturated carbocycles. The average molecular weight is 493 g/mol. The van der Waals surface area contributed by atoms with Crippen LogP contribution in [0.2, 0.25) is 5.02 Å². The Bertz CT molecular complexity index is 1430. The molecule has 2 aromatic carbocycles. The number of aromatic nitrogens is 3. The van der Waals surface area contributed by atoms with Crippen LogP contribution in [-0.4, -0.2) is 39.9 Å². The number of anilines is 1. The minimum Gasteiger partial charge on any atom is -0.484 e. The zero-order valence-corrected chi connectivity index (χ0v) is 20.6. The number of nitrogens with one attached hydrogen (secondary N) is 1. The number of amides is 1. The van der Waals surface area contributed by atoms with E-state index >= 15 is 0 Å². The van der Waals surface area contributed by atoms with Crippen molar-refractivity contribution in [1.82, 2.24) is 14.8 Å². The van der Waals surface area contributed by atoms with E-state index in [1.165, 1.54) is 10.9 Å². The maximum Gasteiger partial charge on any atom is 0.343 e. The number of carbonyl (C=O) groups excluding carboxylic acids is 2. The summed E-state index contributed by atoms with van der Waals surface area (Å²) in [6.07, 6.45) is 1.36. The summed E-state index contributed by atoms with van der Waals surface area (Å²) in [4.78, 5) is 30.1. The molecular weight excluding hydrogens is 468 g/mol. The van der Waals surface area contributed by atoms with Crippen LogP contribution >= 0.6 is 11.6 Å². The molecule has 0 spiro atoms. The van der Waals surface area contributed by atoms with Gasteiger partial charge in [0, 0.05) is 10.4 Å². The normalized spacial score (nSPS) is 10.9. The lowest BCUT2D eigenvalue weighted by Gasteiger charge is -2.13. The Balaban J connectivity index is 1.67. The minimum absolute atomic E-state index is 0.117. The molecule has 0 atom stereocenters. The number of halogens is 1. The average Bonchev–Trinajstić information content (AvgIpc) is 3.24. The van der Waals surface area contributed by atoms with Gasteiger partial charge in [-0.15, -0.1) is 0 Å². The number of nitrogens with zero attached hydrogens (tertiary/aromatic N) is 3. The van der Waals surface area contributed by atoms with Crippen molar-refractivity contribution in [3.05, 3.63) is 75.9 Å². The number of benzene rings is 2. The molecule has 0 bridgehead atoms. The van der Waals surface area contributed by atoms with Gasteiger partial charge in [-0.1, -0.05) is 29.8 Å². The molecule has 35 heavy (non-hydrogen) atoms. The third-order valence-corrected chi connectivity index (χ3v) is 5.90. The van der Waals surface area contributed by atoms with Crippen LogP contribution in [0, 0.1) is 20.8 Å². The van der Waals surface area contributed by atoms with E-state index in [2.05, 4.69) is 10.4 Å². The third kappa shape index (κ3) is 5.12. The van der Waals surface area contributed by atoms with E-state index in [0.29, 0.717) is 16.6 Å². The maximum absolute atomic E-state index is 12.8. The zero-order chi connectivity index (χ0) is 25.1. The molecule has 2 heterocycles. The third-order valence-electron chi connectivity index (χ3n) is 5.47. The van der Waals surface area contributed by atoms with Gasteiger partial charge in [-0.2, -0.15) is 9.78 Å². The van der Waals surface area contributed by atoms with Crippen molar-refractivity contribution in [3.8, 4) is 11.6 Å². The molecule has 8 nitrogen and oxygen atoms in total. The van der Waals surface area contributed by atoms with Crippen molar-refractivity contribution in [3.63, 3.8) is 0 Å². The predicted octanol–water partition coefficient (Wildman–Crippen LogP) is 5.19. The van der Waals surface area contributed by atoms with E-state index in [4.69, 9.17) is 26.1 Å². The molecule has 0 radical (unpaired) electrons. The van der Waals surface area contributed by atoms with Gasteiger partial charge in [-0.25, -0.2) is 9.78 Å². The van der Waals surface area contributed by atoms with E-state index in [0.717, 1.165) is 27.6 Å². The van der Waals surface area contributed by atoms with Crippen LogP contribution in [-0.2, 0) is 9.53 Å². The quantitative estimate of drug-likeness (QED) is 0.356. The second-order valence-electron chi connectivity index (χ2n) is 8.06. The highest BCUT2D eigenvalue weighted by Gasteiger charge is 2.23. The van der Waals surface area contributed by atoms with Gasteiger partial charge in [0.25, 0.3) is 5.91 Å². The van der Waals surface area contributed by atoms with Gasteiger partial charge in [0.2, 0.25) is 0 Å². The number of esters is 1. The Morgan fingerprint density at radius 1 is 1.06 bits per heavy atom. The molecule has 4 rings (SSSR count). The molecule has 0 saturated heterocycles. The summed E-state index contributed by atoms with van der Waals surface area (Å²) < 4.78 is 12.2. The lowest BCUT2D eigenvalue weighted by Crippen LogP contribution is -2.23. The number of hydrogen-bond donors (Lipinski definition) is 1. The summed E-state index contributed by atoms with van der Waals surface area (Å²) in [6.45, 7) is 7.41. The van der Waals surface area contributed by atoms with Gasteiger partial charge in [0.15, 0.2) is 18.2 Å². The Hall–Kier alpha value is -3.91. The van der Waals surface area contributed by atoms with Crippen LogP contribution < -0.4 is 10.1 Å². The first-order chi connectivity index (χ1) is 16.8. The van der Waals surface area contributed by atoms with Crippen molar-refractivity contribution in [2.24, 2.45) is 0 Å². The molecule has 4 aromatic rings. The topological polar surface area (TPSA) is 95.3 Å².